The maximum absolute atomic E-state index is 12.5. The van der Waals surface area contributed by atoms with Crippen LogP contribution in [0.4, 0.5) is 0 Å². The Hall–Kier alpha value is -3.19. The molecule has 0 radical (unpaired) electrons. The molecule has 1 aromatic heterocycles. The van der Waals surface area contributed by atoms with Crippen molar-refractivity contribution < 1.29 is 13.9 Å². The van der Waals surface area contributed by atoms with Gasteiger partial charge in [-0.25, -0.2) is 0 Å². The molecule has 1 aliphatic heterocycles. The van der Waals surface area contributed by atoms with Crippen LogP contribution < -0.4 is 4.74 Å². The van der Waals surface area contributed by atoms with Crippen LogP contribution in [0.25, 0.3) is 11.5 Å². The number of benzene rings is 2. The van der Waals surface area contributed by atoms with Crippen LogP contribution in [0, 0.1) is 0 Å². The first kappa shape index (κ1) is 18.2. The van der Waals surface area contributed by atoms with Crippen LogP contribution in [-0.2, 0) is 6.54 Å². The van der Waals surface area contributed by atoms with Gasteiger partial charge in [0.25, 0.3) is 5.91 Å². The zero-order valence-corrected chi connectivity index (χ0v) is 15.7. The summed E-state index contributed by atoms with van der Waals surface area (Å²) in [7, 11) is 1.63. The standard InChI is InChI=1S/C21H22N4O3/c1-27-18-9-7-16(8-10-18)20-23-22-19(28-20)15-24-11-13-25(14-12-24)21(26)17-5-3-2-4-6-17/h2-10H,11-15H2,1H3. The fourth-order valence-electron chi connectivity index (χ4n) is 3.23. The molecule has 2 heterocycles. The van der Waals surface area contributed by atoms with Gasteiger partial charge in [-0.15, -0.1) is 10.2 Å². The van der Waals surface area contributed by atoms with Gasteiger partial charge >= 0.3 is 0 Å². The van der Waals surface area contributed by atoms with Crippen molar-refractivity contribution in [3.05, 3.63) is 66.1 Å². The Bertz CT molecular complexity index is 916. The van der Waals surface area contributed by atoms with Gasteiger partial charge in [-0.05, 0) is 36.4 Å². The molecule has 144 valence electrons. The van der Waals surface area contributed by atoms with Gasteiger partial charge in [-0.3, -0.25) is 9.69 Å². The summed E-state index contributed by atoms with van der Waals surface area (Å²) in [6.45, 7) is 3.51. The lowest BCUT2D eigenvalue weighted by Gasteiger charge is -2.34. The Morgan fingerprint density at radius 3 is 2.39 bits per heavy atom. The third kappa shape index (κ3) is 4.04. The highest BCUT2D eigenvalue weighted by molar-refractivity contribution is 5.94. The number of aromatic nitrogens is 2. The molecule has 0 aliphatic carbocycles. The number of hydrogen-bond acceptors (Lipinski definition) is 6. The molecular weight excluding hydrogens is 356 g/mol. The van der Waals surface area contributed by atoms with E-state index in [0.29, 0.717) is 31.4 Å². The lowest BCUT2D eigenvalue weighted by atomic mass is 10.2. The first-order valence-corrected chi connectivity index (χ1v) is 9.26. The number of ether oxygens (including phenoxy) is 1. The van der Waals surface area contributed by atoms with Crippen LogP contribution >= 0.6 is 0 Å². The number of methoxy groups -OCH3 is 1. The summed E-state index contributed by atoms with van der Waals surface area (Å²) in [5, 5.41) is 8.30. The minimum Gasteiger partial charge on any atom is -0.497 e. The van der Waals surface area contributed by atoms with E-state index in [1.807, 2.05) is 59.5 Å². The Labute approximate surface area is 163 Å². The van der Waals surface area contributed by atoms with Crippen LogP contribution in [0.1, 0.15) is 16.2 Å². The number of piperazine rings is 1. The average molecular weight is 378 g/mol. The molecule has 1 saturated heterocycles. The van der Waals surface area contributed by atoms with Gasteiger partial charge in [-0.1, -0.05) is 18.2 Å². The molecule has 1 fully saturated rings. The highest BCUT2D eigenvalue weighted by atomic mass is 16.5. The molecule has 1 amide bonds. The minimum absolute atomic E-state index is 0.0832. The van der Waals surface area contributed by atoms with Crippen molar-refractivity contribution in [2.24, 2.45) is 0 Å². The molecule has 0 N–H and O–H groups in total. The van der Waals surface area contributed by atoms with Crippen LogP contribution in [-0.4, -0.2) is 59.2 Å². The second kappa shape index (κ2) is 8.22. The van der Waals surface area contributed by atoms with E-state index in [-0.39, 0.29) is 5.91 Å². The topological polar surface area (TPSA) is 71.7 Å². The maximum Gasteiger partial charge on any atom is 0.253 e. The van der Waals surface area contributed by atoms with E-state index in [1.165, 1.54) is 0 Å². The largest absolute Gasteiger partial charge is 0.497 e. The Kier molecular flexibility index (Phi) is 5.34. The van der Waals surface area contributed by atoms with E-state index < -0.39 is 0 Å². The molecule has 0 saturated carbocycles. The van der Waals surface area contributed by atoms with Crippen molar-refractivity contribution in [2.75, 3.05) is 33.3 Å². The van der Waals surface area contributed by atoms with Crippen LogP contribution in [0.15, 0.2) is 59.0 Å². The zero-order valence-electron chi connectivity index (χ0n) is 15.7. The summed E-state index contributed by atoms with van der Waals surface area (Å²) in [5.41, 5.74) is 1.59. The third-order valence-corrected chi connectivity index (χ3v) is 4.84. The molecule has 0 unspecified atom stereocenters. The highest BCUT2D eigenvalue weighted by Gasteiger charge is 2.23. The molecule has 0 spiro atoms. The van der Waals surface area contributed by atoms with Crippen LogP contribution in [0.5, 0.6) is 5.75 Å². The number of amides is 1. The lowest BCUT2D eigenvalue weighted by Crippen LogP contribution is -2.48. The van der Waals surface area contributed by atoms with Crippen LogP contribution in [0.3, 0.4) is 0 Å². The van der Waals surface area contributed by atoms with E-state index in [1.54, 1.807) is 7.11 Å². The molecule has 0 atom stereocenters. The van der Waals surface area contributed by atoms with Crippen molar-refractivity contribution in [3.63, 3.8) is 0 Å². The van der Waals surface area contributed by atoms with E-state index >= 15 is 0 Å². The zero-order chi connectivity index (χ0) is 19.3. The molecular formula is C21H22N4O3. The summed E-state index contributed by atoms with van der Waals surface area (Å²) in [5.74, 6) is 1.94. The Morgan fingerprint density at radius 2 is 1.71 bits per heavy atom. The first-order chi connectivity index (χ1) is 13.7. The molecule has 7 heteroatoms. The predicted molar refractivity (Wildman–Crippen MR) is 104 cm³/mol. The van der Waals surface area contributed by atoms with Gasteiger partial charge in [0.2, 0.25) is 11.8 Å². The Morgan fingerprint density at radius 1 is 1.00 bits per heavy atom. The van der Waals surface area contributed by atoms with Crippen molar-refractivity contribution in [1.29, 1.82) is 0 Å². The predicted octanol–water partition coefficient (Wildman–Crippen LogP) is 2.70. The molecule has 28 heavy (non-hydrogen) atoms. The number of carbonyl (C=O) groups is 1. The number of rotatable bonds is 5. The lowest BCUT2D eigenvalue weighted by molar-refractivity contribution is 0.0618. The van der Waals surface area contributed by atoms with E-state index in [9.17, 15) is 4.79 Å². The molecule has 1 aliphatic rings. The third-order valence-electron chi connectivity index (χ3n) is 4.84. The molecule has 7 nitrogen and oxygen atoms in total. The van der Waals surface area contributed by atoms with E-state index in [4.69, 9.17) is 9.15 Å². The fraction of sp³-hybridized carbons (Fsp3) is 0.286. The van der Waals surface area contributed by atoms with Crippen molar-refractivity contribution in [3.8, 4) is 17.2 Å². The van der Waals surface area contributed by atoms with Gasteiger partial charge in [0.1, 0.15) is 5.75 Å². The van der Waals surface area contributed by atoms with Crippen molar-refractivity contribution in [2.45, 2.75) is 6.54 Å². The smallest absolute Gasteiger partial charge is 0.253 e. The normalized spacial score (nSPS) is 14.8. The van der Waals surface area contributed by atoms with E-state index in [0.717, 1.165) is 30.0 Å². The van der Waals surface area contributed by atoms with Gasteiger partial charge in [0, 0.05) is 37.3 Å². The fourth-order valence-corrected chi connectivity index (χ4v) is 3.23. The first-order valence-electron chi connectivity index (χ1n) is 9.26. The number of hydrogen-bond donors (Lipinski definition) is 0. The summed E-state index contributed by atoms with van der Waals surface area (Å²) in [6.07, 6.45) is 0. The summed E-state index contributed by atoms with van der Waals surface area (Å²) in [6, 6.07) is 16.9. The Balaban J connectivity index is 1.32. The van der Waals surface area contributed by atoms with Crippen molar-refractivity contribution >= 4 is 5.91 Å². The van der Waals surface area contributed by atoms with Crippen LogP contribution in [0.2, 0.25) is 0 Å². The molecule has 2 aromatic carbocycles. The van der Waals surface area contributed by atoms with Gasteiger partial charge in [0.05, 0.1) is 13.7 Å². The quantitative estimate of drug-likeness (QED) is 0.680. The summed E-state index contributed by atoms with van der Waals surface area (Å²) >= 11 is 0. The number of carbonyl (C=O) groups excluding carboxylic acids is 1. The average Bonchev–Trinajstić information content (AvgIpc) is 3.23. The molecule has 3 aromatic rings. The molecule has 0 bridgehead atoms. The second-order valence-corrected chi connectivity index (χ2v) is 6.66. The van der Waals surface area contributed by atoms with Gasteiger partial charge in [-0.2, -0.15) is 0 Å². The van der Waals surface area contributed by atoms with Gasteiger partial charge in [0.15, 0.2) is 0 Å². The maximum atomic E-state index is 12.5. The number of nitrogens with zero attached hydrogens (tertiary/aromatic N) is 4. The second-order valence-electron chi connectivity index (χ2n) is 6.66. The minimum atomic E-state index is 0.0832. The summed E-state index contributed by atoms with van der Waals surface area (Å²) < 4.78 is 11.0. The highest BCUT2D eigenvalue weighted by Crippen LogP contribution is 2.21. The monoisotopic (exact) mass is 378 g/mol. The van der Waals surface area contributed by atoms with E-state index in [2.05, 4.69) is 15.1 Å². The summed E-state index contributed by atoms with van der Waals surface area (Å²) in [4.78, 5) is 16.6. The SMILES string of the molecule is COc1ccc(-c2nnc(CN3CCN(C(=O)c4ccccc4)CC3)o2)cc1. The molecule has 4 rings (SSSR count). The van der Waals surface area contributed by atoms with Gasteiger partial charge < -0.3 is 14.1 Å². The van der Waals surface area contributed by atoms with Crippen molar-refractivity contribution in [1.82, 2.24) is 20.0 Å².